The van der Waals surface area contributed by atoms with Crippen molar-refractivity contribution in [3.63, 3.8) is 0 Å². The Hall–Kier alpha value is -1.02. The fraction of sp³-hybridized carbons (Fsp3) is 0.400. The molecule has 0 unspecified atom stereocenters. The molecule has 0 aliphatic heterocycles. The molecular formula is C10H14N2. The van der Waals surface area contributed by atoms with Crippen LogP contribution >= 0.6 is 0 Å². The number of nitrogens with two attached hydrogens (primary N) is 2. The molecule has 4 N–H and O–H groups in total. The third kappa shape index (κ3) is 1.08. The van der Waals surface area contributed by atoms with Gasteiger partial charge in [0.15, 0.2) is 0 Å². The molecule has 0 aromatic heterocycles. The molecule has 0 radical (unpaired) electrons. The van der Waals surface area contributed by atoms with Crippen LogP contribution in [0.5, 0.6) is 0 Å². The van der Waals surface area contributed by atoms with Crippen LogP contribution < -0.4 is 11.5 Å². The molecule has 1 aromatic rings. The van der Waals surface area contributed by atoms with Gasteiger partial charge in [0.2, 0.25) is 0 Å². The second-order valence-electron chi connectivity index (χ2n) is 3.75. The van der Waals surface area contributed by atoms with Gasteiger partial charge in [-0.1, -0.05) is 12.1 Å². The predicted octanol–water partition coefficient (Wildman–Crippen LogP) is 1.53. The van der Waals surface area contributed by atoms with Crippen LogP contribution in [-0.4, -0.2) is 0 Å². The first kappa shape index (κ1) is 7.62. The van der Waals surface area contributed by atoms with E-state index in [0.717, 1.165) is 24.1 Å². The van der Waals surface area contributed by atoms with E-state index in [2.05, 4.69) is 12.1 Å². The highest BCUT2D eigenvalue weighted by atomic mass is 14.8. The van der Waals surface area contributed by atoms with Gasteiger partial charge in [0.1, 0.15) is 0 Å². The molecule has 2 nitrogen and oxygen atoms in total. The topological polar surface area (TPSA) is 52.0 Å². The molecule has 1 fully saturated rings. The Morgan fingerprint density at radius 1 is 1.33 bits per heavy atom. The fourth-order valence-electron chi connectivity index (χ4n) is 1.54. The molecular weight excluding hydrogens is 148 g/mol. The van der Waals surface area contributed by atoms with Crippen LogP contribution in [0, 0.1) is 6.92 Å². The van der Waals surface area contributed by atoms with Crippen molar-refractivity contribution in [1.82, 2.24) is 0 Å². The fourth-order valence-corrected chi connectivity index (χ4v) is 1.54. The van der Waals surface area contributed by atoms with Crippen molar-refractivity contribution in [2.75, 3.05) is 5.73 Å². The Bertz CT molecular complexity index is 314. The van der Waals surface area contributed by atoms with Gasteiger partial charge >= 0.3 is 0 Å². The highest BCUT2D eigenvalue weighted by Gasteiger charge is 2.41. The normalized spacial score (nSPS) is 19.2. The van der Waals surface area contributed by atoms with E-state index in [0.29, 0.717) is 0 Å². The molecule has 12 heavy (non-hydrogen) atoms. The lowest BCUT2D eigenvalue weighted by Gasteiger charge is -2.12. The van der Waals surface area contributed by atoms with Crippen molar-refractivity contribution in [3.8, 4) is 0 Å². The van der Waals surface area contributed by atoms with Crippen LogP contribution in [0.1, 0.15) is 24.0 Å². The van der Waals surface area contributed by atoms with E-state index < -0.39 is 0 Å². The minimum Gasteiger partial charge on any atom is -0.398 e. The lowest BCUT2D eigenvalue weighted by molar-refractivity contribution is 0.743. The van der Waals surface area contributed by atoms with Crippen molar-refractivity contribution in [3.05, 3.63) is 29.3 Å². The summed E-state index contributed by atoms with van der Waals surface area (Å²) >= 11 is 0. The first-order chi connectivity index (χ1) is 5.62. The second-order valence-corrected chi connectivity index (χ2v) is 3.75. The molecule has 0 saturated heterocycles. The van der Waals surface area contributed by atoms with E-state index in [1.165, 1.54) is 5.56 Å². The number of hydrogen-bond donors (Lipinski definition) is 2. The summed E-state index contributed by atoms with van der Waals surface area (Å²) in [5.74, 6) is 0. The van der Waals surface area contributed by atoms with E-state index in [1.54, 1.807) is 0 Å². The molecule has 2 rings (SSSR count). The Morgan fingerprint density at radius 2 is 2.00 bits per heavy atom. The Kier molecular flexibility index (Phi) is 1.42. The van der Waals surface area contributed by atoms with Crippen molar-refractivity contribution in [2.45, 2.75) is 25.3 Å². The maximum absolute atomic E-state index is 6.04. The maximum atomic E-state index is 6.04. The van der Waals surface area contributed by atoms with Crippen molar-refractivity contribution >= 4 is 5.69 Å². The van der Waals surface area contributed by atoms with Gasteiger partial charge in [0.25, 0.3) is 0 Å². The third-order valence-corrected chi connectivity index (χ3v) is 2.53. The van der Waals surface area contributed by atoms with Gasteiger partial charge in [-0.15, -0.1) is 0 Å². The summed E-state index contributed by atoms with van der Waals surface area (Å²) in [5.41, 5.74) is 15.0. The SMILES string of the molecule is Cc1ccc(C2(N)CC2)c(N)c1. The smallest absolute Gasteiger partial charge is 0.0431 e. The number of anilines is 1. The van der Waals surface area contributed by atoms with E-state index in [9.17, 15) is 0 Å². The highest BCUT2D eigenvalue weighted by molar-refractivity contribution is 5.54. The molecule has 1 aromatic carbocycles. The van der Waals surface area contributed by atoms with Crippen molar-refractivity contribution in [1.29, 1.82) is 0 Å². The van der Waals surface area contributed by atoms with Crippen molar-refractivity contribution < 1.29 is 0 Å². The van der Waals surface area contributed by atoms with Gasteiger partial charge in [-0.3, -0.25) is 0 Å². The Morgan fingerprint density at radius 3 is 2.50 bits per heavy atom. The number of nitrogen functional groups attached to an aromatic ring is 1. The summed E-state index contributed by atoms with van der Waals surface area (Å²) in [6.45, 7) is 2.04. The number of rotatable bonds is 1. The van der Waals surface area contributed by atoms with Crippen LogP contribution in [-0.2, 0) is 5.54 Å². The molecule has 1 saturated carbocycles. The second kappa shape index (κ2) is 2.23. The molecule has 1 aliphatic rings. The largest absolute Gasteiger partial charge is 0.398 e. The monoisotopic (exact) mass is 162 g/mol. The van der Waals surface area contributed by atoms with Gasteiger partial charge in [-0.2, -0.15) is 0 Å². The zero-order valence-corrected chi connectivity index (χ0v) is 7.30. The number of aryl methyl sites for hydroxylation is 1. The highest BCUT2D eigenvalue weighted by Crippen LogP contribution is 2.44. The van der Waals surface area contributed by atoms with Gasteiger partial charge in [0.05, 0.1) is 0 Å². The lowest BCUT2D eigenvalue weighted by Crippen LogP contribution is -2.20. The van der Waals surface area contributed by atoms with Crippen molar-refractivity contribution in [2.24, 2.45) is 5.73 Å². The van der Waals surface area contributed by atoms with Gasteiger partial charge < -0.3 is 11.5 Å². The molecule has 1 aliphatic carbocycles. The first-order valence-electron chi connectivity index (χ1n) is 4.27. The number of hydrogen-bond acceptors (Lipinski definition) is 2. The van der Waals surface area contributed by atoms with Crippen LogP contribution in [0.4, 0.5) is 5.69 Å². The van der Waals surface area contributed by atoms with Crippen LogP contribution in [0.2, 0.25) is 0 Å². The molecule has 0 heterocycles. The Balaban J connectivity index is 2.45. The van der Waals surface area contributed by atoms with Crippen LogP contribution in [0.3, 0.4) is 0 Å². The summed E-state index contributed by atoms with van der Waals surface area (Å²) < 4.78 is 0. The van der Waals surface area contributed by atoms with E-state index in [-0.39, 0.29) is 5.54 Å². The third-order valence-electron chi connectivity index (χ3n) is 2.53. The summed E-state index contributed by atoms with van der Waals surface area (Å²) in [6, 6.07) is 6.11. The molecule has 0 spiro atoms. The minimum atomic E-state index is -0.0994. The summed E-state index contributed by atoms with van der Waals surface area (Å²) in [4.78, 5) is 0. The first-order valence-corrected chi connectivity index (χ1v) is 4.27. The zero-order valence-electron chi connectivity index (χ0n) is 7.30. The quantitative estimate of drug-likeness (QED) is 0.615. The van der Waals surface area contributed by atoms with E-state index >= 15 is 0 Å². The molecule has 2 heteroatoms. The Labute approximate surface area is 72.6 Å². The van der Waals surface area contributed by atoms with E-state index in [4.69, 9.17) is 11.5 Å². The predicted molar refractivity (Wildman–Crippen MR) is 50.7 cm³/mol. The zero-order chi connectivity index (χ0) is 8.77. The minimum absolute atomic E-state index is 0.0994. The molecule has 0 bridgehead atoms. The summed E-state index contributed by atoms with van der Waals surface area (Å²) in [6.07, 6.45) is 2.14. The molecule has 0 amide bonds. The van der Waals surface area contributed by atoms with E-state index in [1.807, 2.05) is 13.0 Å². The standard InChI is InChI=1S/C10H14N2/c1-7-2-3-8(9(11)6-7)10(12)4-5-10/h2-3,6H,4-5,11-12H2,1H3. The maximum Gasteiger partial charge on any atom is 0.0431 e. The average molecular weight is 162 g/mol. The summed E-state index contributed by atoms with van der Waals surface area (Å²) in [5, 5.41) is 0. The number of benzene rings is 1. The van der Waals surface area contributed by atoms with Gasteiger partial charge in [-0.25, -0.2) is 0 Å². The molecule has 0 atom stereocenters. The van der Waals surface area contributed by atoms with Gasteiger partial charge in [0, 0.05) is 11.2 Å². The van der Waals surface area contributed by atoms with Gasteiger partial charge in [-0.05, 0) is 37.0 Å². The molecule has 64 valence electrons. The van der Waals surface area contributed by atoms with Crippen LogP contribution in [0.25, 0.3) is 0 Å². The van der Waals surface area contributed by atoms with Crippen LogP contribution in [0.15, 0.2) is 18.2 Å². The average Bonchev–Trinajstić information content (AvgIpc) is 2.68. The summed E-state index contributed by atoms with van der Waals surface area (Å²) in [7, 11) is 0. The lowest BCUT2D eigenvalue weighted by atomic mass is 10.0.